The average Bonchev–Trinajstić information content (AvgIpc) is 3.20. The fraction of sp³-hybridized carbons (Fsp3) is 0.632. The Bertz CT molecular complexity index is 638. The predicted octanol–water partition coefficient (Wildman–Crippen LogP) is 2.99. The molecule has 0 unspecified atom stereocenters. The largest absolute Gasteiger partial charge is 0.485 e. The highest BCUT2D eigenvalue weighted by atomic mass is 79.9. The highest BCUT2D eigenvalue weighted by Crippen LogP contribution is 2.30. The smallest absolute Gasteiger partial charge is 0.315 e. The van der Waals surface area contributed by atoms with Crippen molar-refractivity contribution in [3.63, 3.8) is 0 Å². The number of halogens is 1. The number of carbonyl (C=O) groups excluding carboxylic acids is 1. The highest BCUT2D eigenvalue weighted by molar-refractivity contribution is 9.10. The molecular weight excluding hydrogens is 400 g/mol. The van der Waals surface area contributed by atoms with Crippen LogP contribution in [0.1, 0.15) is 32.1 Å². The lowest BCUT2D eigenvalue weighted by Gasteiger charge is -2.24. The van der Waals surface area contributed by atoms with Gasteiger partial charge < -0.3 is 24.8 Å². The molecule has 3 aliphatic rings. The number of nitrogens with one attached hydrogen (secondary N) is 2. The summed E-state index contributed by atoms with van der Waals surface area (Å²) in [6.45, 7) is 0.913. The van der Waals surface area contributed by atoms with Crippen LogP contribution >= 0.6 is 15.9 Å². The lowest BCUT2D eigenvalue weighted by atomic mass is 9.96. The van der Waals surface area contributed by atoms with E-state index in [-0.39, 0.29) is 30.4 Å². The van der Waals surface area contributed by atoms with Crippen LogP contribution in [-0.2, 0) is 9.47 Å². The van der Waals surface area contributed by atoms with E-state index < -0.39 is 0 Å². The first-order chi connectivity index (χ1) is 12.7. The Morgan fingerprint density at radius 1 is 1.08 bits per heavy atom. The standard InChI is InChI=1S/C19H25BrN2O4/c20-12-5-4-8-14(9-12)26-16-11-25-17-15(10-24-18(16)17)22-19(23)21-13-6-2-1-3-7-13/h4-5,8-9,13,15-18H,1-3,6-7,10-11H2,(H2,21,22,23)/t15-,16-,17+,18+/m0/s1. The first-order valence-electron chi connectivity index (χ1n) is 9.41. The third-order valence-corrected chi connectivity index (χ3v) is 5.84. The quantitative estimate of drug-likeness (QED) is 0.779. The second-order valence-corrected chi connectivity index (χ2v) is 8.18. The number of ether oxygens (including phenoxy) is 3. The van der Waals surface area contributed by atoms with Gasteiger partial charge in [-0.15, -0.1) is 0 Å². The highest BCUT2D eigenvalue weighted by Gasteiger charge is 2.49. The van der Waals surface area contributed by atoms with E-state index in [1.807, 2.05) is 24.3 Å². The molecule has 3 fully saturated rings. The Morgan fingerprint density at radius 2 is 1.88 bits per heavy atom. The van der Waals surface area contributed by atoms with Gasteiger partial charge in [0.05, 0.1) is 19.3 Å². The Morgan fingerprint density at radius 3 is 2.69 bits per heavy atom. The zero-order chi connectivity index (χ0) is 17.9. The van der Waals surface area contributed by atoms with Crippen LogP contribution in [0.15, 0.2) is 28.7 Å². The first kappa shape index (κ1) is 18.1. The van der Waals surface area contributed by atoms with Crippen molar-refractivity contribution < 1.29 is 19.0 Å². The van der Waals surface area contributed by atoms with Gasteiger partial charge in [0.15, 0.2) is 6.10 Å². The molecule has 2 heterocycles. The molecule has 0 spiro atoms. The predicted molar refractivity (Wildman–Crippen MR) is 100 cm³/mol. The van der Waals surface area contributed by atoms with Gasteiger partial charge in [0.1, 0.15) is 18.0 Å². The van der Waals surface area contributed by atoms with Crippen molar-refractivity contribution >= 4 is 22.0 Å². The van der Waals surface area contributed by atoms with Crippen molar-refractivity contribution in [2.75, 3.05) is 13.2 Å². The zero-order valence-electron chi connectivity index (χ0n) is 14.7. The van der Waals surface area contributed by atoms with Crippen LogP contribution in [0.3, 0.4) is 0 Å². The van der Waals surface area contributed by atoms with E-state index in [9.17, 15) is 4.79 Å². The molecule has 4 atom stereocenters. The van der Waals surface area contributed by atoms with E-state index in [1.165, 1.54) is 19.3 Å². The van der Waals surface area contributed by atoms with E-state index >= 15 is 0 Å². The number of urea groups is 1. The van der Waals surface area contributed by atoms with Crippen molar-refractivity contribution in [2.45, 2.75) is 62.5 Å². The first-order valence-corrected chi connectivity index (χ1v) is 10.2. The van der Waals surface area contributed by atoms with Crippen molar-refractivity contribution in [3.05, 3.63) is 28.7 Å². The van der Waals surface area contributed by atoms with Gasteiger partial charge in [-0.2, -0.15) is 0 Å². The van der Waals surface area contributed by atoms with Crippen LogP contribution < -0.4 is 15.4 Å². The van der Waals surface area contributed by atoms with Gasteiger partial charge in [-0.1, -0.05) is 41.3 Å². The normalized spacial score (nSPS) is 31.4. The summed E-state index contributed by atoms with van der Waals surface area (Å²) in [5.74, 6) is 0.781. The molecule has 142 valence electrons. The topological polar surface area (TPSA) is 68.8 Å². The second kappa shape index (κ2) is 8.15. The van der Waals surface area contributed by atoms with Crippen LogP contribution in [0.4, 0.5) is 4.79 Å². The SMILES string of the molecule is O=C(NC1CCCCC1)N[C@H]1CO[C@H]2[C@@H]1OC[C@@H]2Oc1cccc(Br)c1. The maximum absolute atomic E-state index is 12.3. The molecule has 2 amide bonds. The fourth-order valence-corrected chi connectivity index (χ4v) is 4.42. The minimum atomic E-state index is -0.164. The molecule has 6 nitrogen and oxygen atoms in total. The number of carbonyl (C=O) groups is 1. The van der Waals surface area contributed by atoms with E-state index in [0.717, 1.165) is 23.1 Å². The molecule has 2 aliphatic heterocycles. The molecule has 0 radical (unpaired) electrons. The Kier molecular flexibility index (Phi) is 5.66. The summed E-state index contributed by atoms with van der Waals surface area (Å²) in [5, 5.41) is 6.11. The van der Waals surface area contributed by atoms with Crippen LogP contribution in [0.25, 0.3) is 0 Å². The van der Waals surface area contributed by atoms with Crippen molar-refractivity contribution in [1.82, 2.24) is 10.6 Å². The molecule has 2 N–H and O–H groups in total. The van der Waals surface area contributed by atoms with Gasteiger partial charge in [-0.05, 0) is 31.0 Å². The Hall–Kier alpha value is -1.31. The third-order valence-electron chi connectivity index (χ3n) is 5.35. The minimum absolute atomic E-state index is 0.119. The molecule has 0 aromatic heterocycles. The molecular formula is C19H25BrN2O4. The number of hydrogen-bond acceptors (Lipinski definition) is 4. The zero-order valence-corrected chi connectivity index (χ0v) is 16.2. The fourth-order valence-electron chi connectivity index (χ4n) is 4.05. The molecule has 0 bridgehead atoms. The Labute approximate surface area is 162 Å². The molecule has 7 heteroatoms. The van der Waals surface area contributed by atoms with Gasteiger partial charge in [-0.3, -0.25) is 0 Å². The third kappa shape index (κ3) is 4.15. The lowest BCUT2D eigenvalue weighted by molar-refractivity contribution is 0.0303. The van der Waals surface area contributed by atoms with Gasteiger partial charge in [0.25, 0.3) is 0 Å². The number of hydrogen-bond donors (Lipinski definition) is 2. The monoisotopic (exact) mass is 424 g/mol. The Balaban J connectivity index is 1.29. The summed E-state index contributed by atoms with van der Waals surface area (Å²) in [6.07, 6.45) is 5.31. The second-order valence-electron chi connectivity index (χ2n) is 7.27. The lowest BCUT2D eigenvalue weighted by Crippen LogP contribution is -2.51. The van der Waals surface area contributed by atoms with Gasteiger partial charge in [0.2, 0.25) is 0 Å². The van der Waals surface area contributed by atoms with E-state index in [4.69, 9.17) is 14.2 Å². The van der Waals surface area contributed by atoms with Crippen LogP contribution in [0, 0.1) is 0 Å². The van der Waals surface area contributed by atoms with E-state index in [2.05, 4.69) is 26.6 Å². The summed E-state index contributed by atoms with van der Waals surface area (Å²) in [5.41, 5.74) is 0. The molecule has 1 aromatic rings. The van der Waals surface area contributed by atoms with Crippen molar-refractivity contribution in [1.29, 1.82) is 0 Å². The number of fused-ring (bicyclic) bond motifs is 1. The summed E-state index contributed by atoms with van der Waals surface area (Å²) >= 11 is 3.45. The maximum Gasteiger partial charge on any atom is 0.315 e. The van der Waals surface area contributed by atoms with Crippen molar-refractivity contribution in [2.24, 2.45) is 0 Å². The van der Waals surface area contributed by atoms with Gasteiger partial charge in [0, 0.05) is 10.5 Å². The maximum atomic E-state index is 12.3. The summed E-state index contributed by atoms with van der Waals surface area (Å²) in [7, 11) is 0. The summed E-state index contributed by atoms with van der Waals surface area (Å²) in [6, 6.07) is 7.76. The molecule has 4 rings (SSSR count). The van der Waals surface area contributed by atoms with Crippen LogP contribution in [0.2, 0.25) is 0 Å². The molecule has 2 saturated heterocycles. The molecule has 26 heavy (non-hydrogen) atoms. The number of amides is 2. The average molecular weight is 425 g/mol. The number of rotatable bonds is 4. The summed E-state index contributed by atoms with van der Waals surface area (Å²) in [4.78, 5) is 12.3. The molecule has 1 aromatic carbocycles. The van der Waals surface area contributed by atoms with Crippen LogP contribution in [-0.4, -0.2) is 49.6 Å². The van der Waals surface area contributed by atoms with Crippen molar-refractivity contribution in [3.8, 4) is 5.75 Å². The van der Waals surface area contributed by atoms with E-state index in [1.54, 1.807) is 0 Å². The van der Waals surface area contributed by atoms with Crippen LogP contribution in [0.5, 0.6) is 5.75 Å². The number of benzene rings is 1. The summed E-state index contributed by atoms with van der Waals surface area (Å²) < 4.78 is 18.8. The van der Waals surface area contributed by atoms with Gasteiger partial charge >= 0.3 is 6.03 Å². The van der Waals surface area contributed by atoms with Gasteiger partial charge in [-0.25, -0.2) is 4.79 Å². The minimum Gasteiger partial charge on any atom is -0.485 e. The molecule has 1 saturated carbocycles. The van der Waals surface area contributed by atoms with E-state index in [0.29, 0.717) is 19.3 Å². The molecule has 1 aliphatic carbocycles.